The van der Waals surface area contributed by atoms with Crippen LogP contribution in [0.2, 0.25) is 5.02 Å². The SMILES string of the molecule is CCCN(Cc1nnc(-c2ccccc2Cl)o1)C(=O)CSc1ccccc1C. The molecule has 1 aromatic heterocycles. The second-order valence-corrected chi connectivity index (χ2v) is 7.77. The van der Waals surface area contributed by atoms with Crippen molar-refractivity contribution in [2.75, 3.05) is 12.3 Å². The molecular formula is C21H22ClN3O2S. The molecule has 0 aliphatic carbocycles. The Kier molecular flexibility index (Phi) is 7.12. The standard InChI is InChI=1S/C21H22ClN3O2S/c1-3-12-25(20(26)14-28-18-11-7-4-8-15(18)2)13-19-23-24-21(27-19)16-9-5-6-10-17(16)22/h4-11H,3,12-14H2,1-2H3. The summed E-state index contributed by atoms with van der Waals surface area (Å²) in [5, 5.41) is 8.73. The molecule has 3 rings (SSSR count). The summed E-state index contributed by atoms with van der Waals surface area (Å²) < 4.78 is 5.75. The van der Waals surface area contributed by atoms with Crippen LogP contribution in [0.5, 0.6) is 0 Å². The van der Waals surface area contributed by atoms with Gasteiger partial charge in [0.2, 0.25) is 17.7 Å². The molecule has 0 aliphatic heterocycles. The fourth-order valence-corrected chi connectivity index (χ4v) is 3.88. The molecule has 3 aromatic rings. The van der Waals surface area contributed by atoms with E-state index in [1.54, 1.807) is 22.7 Å². The normalized spacial score (nSPS) is 10.8. The van der Waals surface area contributed by atoms with Crippen molar-refractivity contribution in [3.8, 4) is 11.5 Å². The Morgan fingerprint density at radius 2 is 1.89 bits per heavy atom. The molecule has 7 heteroatoms. The fourth-order valence-electron chi connectivity index (χ4n) is 2.74. The van der Waals surface area contributed by atoms with Crippen molar-refractivity contribution in [1.82, 2.24) is 15.1 Å². The number of carbonyl (C=O) groups is 1. The van der Waals surface area contributed by atoms with Crippen LogP contribution in [0, 0.1) is 6.92 Å². The Balaban J connectivity index is 1.67. The van der Waals surface area contributed by atoms with Gasteiger partial charge in [-0.25, -0.2) is 0 Å². The van der Waals surface area contributed by atoms with Gasteiger partial charge in [-0.2, -0.15) is 0 Å². The van der Waals surface area contributed by atoms with Crippen molar-refractivity contribution in [2.45, 2.75) is 31.7 Å². The van der Waals surface area contributed by atoms with Crippen LogP contribution >= 0.6 is 23.4 Å². The summed E-state index contributed by atoms with van der Waals surface area (Å²) in [6.45, 7) is 5.01. The van der Waals surface area contributed by atoms with Gasteiger partial charge in [-0.05, 0) is 37.1 Å². The van der Waals surface area contributed by atoms with E-state index >= 15 is 0 Å². The van der Waals surface area contributed by atoms with Gasteiger partial charge in [0, 0.05) is 11.4 Å². The van der Waals surface area contributed by atoms with E-state index in [9.17, 15) is 4.79 Å². The van der Waals surface area contributed by atoms with Crippen LogP contribution in [-0.4, -0.2) is 33.3 Å². The molecule has 0 saturated carbocycles. The fraction of sp³-hybridized carbons (Fsp3) is 0.286. The highest BCUT2D eigenvalue weighted by molar-refractivity contribution is 8.00. The maximum atomic E-state index is 12.7. The number of amides is 1. The Morgan fingerprint density at radius 1 is 1.14 bits per heavy atom. The predicted molar refractivity (Wildman–Crippen MR) is 112 cm³/mol. The smallest absolute Gasteiger partial charge is 0.249 e. The number of benzene rings is 2. The minimum atomic E-state index is 0.0487. The number of halogens is 1. The number of carbonyl (C=O) groups excluding carboxylic acids is 1. The molecule has 5 nitrogen and oxygen atoms in total. The van der Waals surface area contributed by atoms with Crippen molar-refractivity contribution in [3.63, 3.8) is 0 Å². The quantitative estimate of drug-likeness (QED) is 0.471. The third-order valence-electron chi connectivity index (χ3n) is 4.19. The molecule has 0 bridgehead atoms. The molecule has 0 radical (unpaired) electrons. The van der Waals surface area contributed by atoms with Crippen LogP contribution in [0.25, 0.3) is 11.5 Å². The molecule has 2 aromatic carbocycles. The first-order valence-corrected chi connectivity index (χ1v) is 10.5. The summed E-state index contributed by atoms with van der Waals surface area (Å²) in [5.41, 5.74) is 1.86. The van der Waals surface area contributed by atoms with E-state index in [1.807, 2.05) is 56.3 Å². The number of hydrogen-bond acceptors (Lipinski definition) is 5. The molecule has 0 atom stereocenters. The maximum Gasteiger partial charge on any atom is 0.249 e. The first-order valence-electron chi connectivity index (χ1n) is 9.12. The lowest BCUT2D eigenvalue weighted by molar-refractivity contribution is -0.129. The van der Waals surface area contributed by atoms with Crippen molar-refractivity contribution < 1.29 is 9.21 Å². The second-order valence-electron chi connectivity index (χ2n) is 6.35. The number of hydrogen-bond donors (Lipinski definition) is 0. The molecule has 28 heavy (non-hydrogen) atoms. The molecule has 146 valence electrons. The van der Waals surface area contributed by atoms with Gasteiger partial charge in [0.05, 0.1) is 22.9 Å². The van der Waals surface area contributed by atoms with E-state index in [4.69, 9.17) is 16.0 Å². The highest BCUT2D eigenvalue weighted by Gasteiger charge is 2.18. The van der Waals surface area contributed by atoms with E-state index < -0.39 is 0 Å². The lowest BCUT2D eigenvalue weighted by Crippen LogP contribution is -2.32. The van der Waals surface area contributed by atoms with Gasteiger partial charge >= 0.3 is 0 Å². The van der Waals surface area contributed by atoms with Gasteiger partial charge in [0.15, 0.2) is 0 Å². The van der Waals surface area contributed by atoms with E-state index in [2.05, 4.69) is 10.2 Å². The Bertz CT molecular complexity index is 945. The van der Waals surface area contributed by atoms with Gasteiger partial charge in [0.1, 0.15) is 0 Å². The largest absolute Gasteiger partial charge is 0.419 e. The van der Waals surface area contributed by atoms with Gasteiger partial charge in [-0.3, -0.25) is 4.79 Å². The van der Waals surface area contributed by atoms with Crippen molar-refractivity contribution in [2.24, 2.45) is 0 Å². The molecular weight excluding hydrogens is 394 g/mol. The van der Waals surface area contributed by atoms with Crippen LogP contribution < -0.4 is 0 Å². The third-order valence-corrected chi connectivity index (χ3v) is 5.68. The lowest BCUT2D eigenvalue weighted by atomic mass is 10.2. The van der Waals surface area contributed by atoms with Gasteiger partial charge in [-0.15, -0.1) is 22.0 Å². The van der Waals surface area contributed by atoms with E-state index in [0.29, 0.717) is 41.2 Å². The molecule has 0 fully saturated rings. The van der Waals surface area contributed by atoms with Crippen LogP contribution in [0.1, 0.15) is 24.8 Å². The van der Waals surface area contributed by atoms with Gasteiger partial charge < -0.3 is 9.32 Å². The molecule has 1 amide bonds. The highest BCUT2D eigenvalue weighted by Crippen LogP contribution is 2.27. The molecule has 0 saturated heterocycles. The topological polar surface area (TPSA) is 59.2 Å². The monoisotopic (exact) mass is 415 g/mol. The molecule has 0 N–H and O–H groups in total. The Morgan fingerprint density at radius 3 is 2.64 bits per heavy atom. The minimum absolute atomic E-state index is 0.0487. The number of aryl methyl sites for hydroxylation is 1. The Hall–Kier alpha value is -2.31. The zero-order valence-corrected chi connectivity index (χ0v) is 17.5. The molecule has 0 unspecified atom stereocenters. The first kappa shape index (κ1) is 20.4. The third kappa shape index (κ3) is 5.14. The van der Waals surface area contributed by atoms with Gasteiger partial charge in [0.25, 0.3) is 0 Å². The van der Waals surface area contributed by atoms with Crippen LogP contribution in [0.3, 0.4) is 0 Å². The summed E-state index contributed by atoms with van der Waals surface area (Å²) in [7, 11) is 0. The lowest BCUT2D eigenvalue weighted by Gasteiger charge is -2.20. The van der Waals surface area contributed by atoms with E-state index in [1.165, 1.54) is 5.56 Å². The summed E-state index contributed by atoms with van der Waals surface area (Å²) in [6, 6.07) is 15.4. The zero-order chi connectivity index (χ0) is 19.9. The average Bonchev–Trinajstić information content (AvgIpc) is 3.15. The molecule has 1 heterocycles. The second kappa shape index (κ2) is 9.75. The average molecular weight is 416 g/mol. The highest BCUT2D eigenvalue weighted by atomic mass is 35.5. The number of rotatable bonds is 8. The van der Waals surface area contributed by atoms with Crippen LogP contribution in [-0.2, 0) is 11.3 Å². The van der Waals surface area contributed by atoms with Crippen molar-refractivity contribution in [1.29, 1.82) is 0 Å². The van der Waals surface area contributed by atoms with Crippen molar-refractivity contribution >= 4 is 29.3 Å². The van der Waals surface area contributed by atoms with Crippen molar-refractivity contribution in [3.05, 3.63) is 65.0 Å². The van der Waals surface area contributed by atoms with Crippen LogP contribution in [0.4, 0.5) is 0 Å². The van der Waals surface area contributed by atoms with E-state index in [0.717, 1.165) is 11.3 Å². The number of nitrogens with zero attached hydrogens (tertiary/aromatic N) is 3. The zero-order valence-electron chi connectivity index (χ0n) is 15.9. The summed E-state index contributed by atoms with van der Waals surface area (Å²) in [5.74, 6) is 1.18. The summed E-state index contributed by atoms with van der Waals surface area (Å²) >= 11 is 7.74. The number of aromatic nitrogens is 2. The first-order chi connectivity index (χ1) is 13.6. The predicted octanol–water partition coefficient (Wildman–Crippen LogP) is 5.23. The molecule has 0 aliphatic rings. The summed E-state index contributed by atoms with van der Waals surface area (Å²) in [4.78, 5) is 15.6. The minimum Gasteiger partial charge on any atom is -0.419 e. The Labute approximate surface area is 174 Å². The maximum absolute atomic E-state index is 12.7. The summed E-state index contributed by atoms with van der Waals surface area (Å²) in [6.07, 6.45) is 0.853. The molecule has 0 spiro atoms. The van der Waals surface area contributed by atoms with Crippen LogP contribution in [0.15, 0.2) is 57.8 Å². The van der Waals surface area contributed by atoms with Gasteiger partial charge in [-0.1, -0.05) is 48.9 Å². The van der Waals surface area contributed by atoms with E-state index in [-0.39, 0.29) is 5.91 Å². The number of thioether (sulfide) groups is 1.